The van der Waals surface area contributed by atoms with Crippen molar-refractivity contribution in [2.45, 2.75) is 32.7 Å². The molecule has 94 valence electrons. The van der Waals surface area contributed by atoms with Gasteiger partial charge < -0.3 is 5.32 Å². The van der Waals surface area contributed by atoms with Gasteiger partial charge in [-0.25, -0.2) is 0 Å². The van der Waals surface area contributed by atoms with E-state index in [0.29, 0.717) is 12.0 Å². The molecule has 1 aliphatic heterocycles. The summed E-state index contributed by atoms with van der Waals surface area (Å²) in [5, 5.41) is 7.80. The van der Waals surface area contributed by atoms with Gasteiger partial charge in [-0.15, -0.1) is 0 Å². The van der Waals surface area contributed by atoms with E-state index < -0.39 is 0 Å². The van der Waals surface area contributed by atoms with Crippen LogP contribution < -0.4 is 5.32 Å². The molecule has 0 atom stereocenters. The van der Waals surface area contributed by atoms with Crippen LogP contribution in [0, 0.1) is 5.92 Å². The van der Waals surface area contributed by atoms with Gasteiger partial charge in [0.05, 0.1) is 11.4 Å². The van der Waals surface area contributed by atoms with Gasteiger partial charge in [-0.2, -0.15) is 5.10 Å². The fraction of sp³-hybridized carbons (Fsp3) is 0.692. The van der Waals surface area contributed by atoms with Gasteiger partial charge in [-0.3, -0.25) is 9.67 Å². The zero-order chi connectivity index (χ0) is 12.3. The van der Waals surface area contributed by atoms with Crippen molar-refractivity contribution >= 4 is 5.71 Å². The number of aliphatic imine (C=N–C) groups is 1. The molecule has 0 saturated carbocycles. The Morgan fingerprint density at radius 3 is 2.76 bits per heavy atom. The topological polar surface area (TPSA) is 42.2 Å². The third-order valence-corrected chi connectivity index (χ3v) is 3.39. The first-order valence-electron chi connectivity index (χ1n) is 6.45. The molecule has 2 rings (SSSR count). The molecule has 0 radical (unpaired) electrons. The molecule has 1 aromatic heterocycles. The van der Waals surface area contributed by atoms with Gasteiger partial charge in [-0.1, -0.05) is 0 Å². The van der Waals surface area contributed by atoms with E-state index in [1.54, 1.807) is 0 Å². The number of aromatic nitrogens is 2. The van der Waals surface area contributed by atoms with E-state index >= 15 is 0 Å². The average molecular weight is 234 g/mol. The maximum atomic E-state index is 4.53. The molecule has 1 N–H and O–H groups in total. The number of hydrogen-bond acceptors (Lipinski definition) is 3. The van der Waals surface area contributed by atoms with Crippen LogP contribution in [-0.2, 0) is 0 Å². The second-order valence-corrected chi connectivity index (χ2v) is 4.89. The zero-order valence-electron chi connectivity index (χ0n) is 11.0. The van der Waals surface area contributed by atoms with Crippen LogP contribution in [0.15, 0.2) is 17.3 Å². The van der Waals surface area contributed by atoms with Crippen molar-refractivity contribution in [3.05, 3.63) is 18.0 Å². The van der Waals surface area contributed by atoms with Crippen LogP contribution in [0.25, 0.3) is 0 Å². The van der Waals surface area contributed by atoms with Crippen LogP contribution >= 0.6 is 0 Å². The highest BCUT2D eigenvalue weighted by atomic mass is 15.3. The lowest BCUT2D eigenvalue weighted by Crippen LogP contribution is -2.33. The summed E-state index contributed by atoms with van der Waals surface area (Å²) in [4.78, 5) is 4.53. The van der Waals surface area contributed by atoms with Crippen LogP contribution in [0.5, 0.6) is 0 Å². The van der Waals surface area contributed by atoms with Gasteiger partial charge in [0, 0.05) is 25.2 Å². The molecule has 1 saturated heterocycles. The molecule has 4 heteroatoms. The van der Waals surface area contributed by atoms with Gasteiger partial charge >= 0.3 is 0 Å². The average Bonchev–Trinajstić information content (AvgIpc) is 2.81. The molecule has 0 aromatic carbocycles. The van der Waals surface area contributed by atoms with Gasteiger partial charge in [0.1, 0.15) is 0 Å². The van der Waals surface area contributed by atoms with E-state index in [9.17, 15) is 0 Å². The summed E-state index contributed by atoms with van der Waals surface area (Å²) in [7, 11) is 1.90. The number of hydrogen-bond donors (Lipinski definition) is 1. The lowest BCUT2D eigenvalue weighted by Gasteiger charge is -2.25. The fourth-order valence-electron chi connectivity index (χ4n) is 2.53. The molecule has 0 unspecified atom stereocenters. The van der Waals surface area contributed by atoms with Crippen molar-refractivity contribution < 1.29 is 0 Å². The largest absolute Gasteiger partial charge is 0.317 e. The van der Waals surface area contributed by atoms with Crippen molar-refractivity contribution in [1.29, 1.82) is 0 Å². The Labute approximate surface area is 103 Å². The van der Waals surface area contributed by atoms with Crippen molar-refractivity contribution in [3.63, 3.8) is 0 Å². The summed E-state index contributed by atoms with van der Waals surface area (Å²) in [6.45, 7) is 6.51. The van der Waals surface area contributed by atoms with Gasteiger partial charge in [0.25, 0.3) is 0 Å². The predicted molar refractivity (Wildman–Crippen MR) is 70.7 cm³/mol. The Bertz CT molecular complexity index is 386. The molecule has 1 aliphatic rings. The smallest absolute Gasteiger partial charge is 0.0826 e. The molecular weight excluding hydrogens is 212 g/mol. The third-order valence-electron chi connectivity index (χ3n) is 3.39. The molecule has 0 bridgehead atoms. The van der Waals surface area contributed by atoms with E-state index in [-0.39, 0.29) is 0 Å². The molecule has 2 heterocycles. The molecule has 0 amide bonds. The van der Waals surface area contributed by atoms with Crippen LogP contribution in [0.2, 0.25) is 0 Å². The Morgan fingerprint density at radius 1 is 1.47 bits per heavy atom. The highest BCUT2D eigenvalue weighted by molar-refractivity contribution is 6.00. The second-order valence-electron chi connectivity index (χ2n) is 4.89. The Morgan fingerprint density at radius 2 is 2.18 bits per heavy atom. The lowest BCUT2D eigenvalue weighted by atomic mass is 9.91. The summed E-state index contributed by atoms with van der Waals surface area (Å²) < 4.78 is 2.07. The van der Waals surface area contributed by atoms with E-state index in [4.69, 9.17) is 0 Å². The van der Waals surface area contributed by atoms with Gasteiger partial charge in [0.15, 0.2) is 0 Å². The lowest BCUT2D eigenvalue weighted by molar-refractivity contribution is 0.452. The van der Waals surface area contributed by atoms with Crippen LogP contribution in [0.4, 0.5) is 0 Å². The van der Waals surface area contributed by atoms with Crippen LogP contribution in [-0.4, -0.2) is 35.6 Å². The van der Waals surface area contributed by atoms with Gasteiger partial charge in [-0.05, 0) is 45.8 Å². The highest BCUT2D eigenvalue weighted by Crippen LogP contribution is 2.20. The predicted octanol–water partition coefficient (Wildman–Crippen LogP) is 1.88. The number of piperidine rings is 1. The Hall–Kier alpha value is -1.16. The number of nitrogens with one attached hydrogen (secondary N) is 1. The highest BCUT2D eigenvalue weighted by Gasteiger charge is 2.22. The first-order chi connectivity index (χ1) is 8.24. The Balaban J connectivity index is 2.25. The Kier molecular flexibility index (Phi) is 3.94. The summed E-state index contributed by atoms with van der Waals surface area (Å²) >= 11 is 0. The molecule has 1 fully saturated rings. The molecule has 17 heavy (non-hydrogen) atoms. The first kappa shape index (κ1) is 12.3. The molecule has 1 aromatic rings. The van der Waals surface area contributed by atoms with Crippen molar-refractivity contribution in [2.75, 3.05) is 20.1 Å². The van der Waals surface area contributed by atoms with E-state index in [2.05, 4.69) is 40.0 Å². The minimum absolute atomic E-state index is 0.387. The SMILES string of the molecule is C/N=C(\c1ccnn1C(C)C)C1CCNCC1. The number of rotatable bonds is 3. The molecule has 0 spiro atoms. The van der Waals surface area contributed by atoms with Crippen LogP contribution in [0.3, 0.4) is 0 Å². The third kappa shape index (κ3) is 2.57. The fourth-order valence-corrected chi connectivity index (χ4v) is 2.53. The van der Waals surface area contributed by atoms with E-state index in [0.717, 1.165) is 13.1 Å². The standard InChI is InChI=1S/C13H22N4/c1-10(2)17-12(6-9-16-17)13(14-3)11-4-7-15-8-5-11/h6,9-11,15H,4-5,7-8H2,1-3H3/b14-13-. The van der Waals surface area contributed by atoms with Crippen molar-refractivity contribution in [2.24, 2.45) is 10.9 Å². The second kappa shape index (κ2) is 5.45. The monoisotopic (exact) mass is 234 g/mol. The quantitative estimate of drug-likeness (QED) is 0.811. The summed E-state index contributed by atoms with van der Waals surface area (Å²) in [5.74, 6) is 0.579. The van der Waals surface area contributed by atoms with Gasteiger partial charge in [0.2, 0.25) is 0 Å². The maximum absolute atomic E-state index is 4.53. The summed E-state index contributed by atoms with van der Waals surface area (Å²) in [6, 6.07) is 2.48. The maximum Gasteiger partial charge on any atom is 0.0826 e. The summed E-state index contributed by atoms with van der Waals surface area (Å²) in [5.41, 5.74) is 2.41. The number of nitrogens with zero attached hydrogens (tertiary/aromatic N) is 3. The zero-order valence-corrected chi connectivity index (χ0v) is 11.0. The van der Waals surface area contributed by atoms with E-state index in [1.807, 2.05) is 13.2 Å². The molecule has 0 aliphatic carbocycles. The minimum atomic E-state index is 0.387. The van der Waals surface area contributed by atoms with Crippen LogP contribution in [0.1, 0.15) is 38.4 Å². The summed E-state index contributed by atoms with van der Waals surface area (Å²) in [6.07, 6.45) is 4.23. The normalized spacial score (nSPS) is 18.9. The first-order valence-corrected chi connectivity index (χ1v) is 6.45. The van der Waals surface area contributed by atoms with Crippen molar-refractivity contribution in [3.8, 4) is 0 Å². The van der Waals surface area contributed by atoms with Crippen molar-refractivity contribution in [1.82, 2.24) is 15.1 Å². The molecule has 4 nitrogen and oxygen atoms in total. The minimum Gasteiger partial charge on any atom is -0.317 e. The molecular formula is C13H22N4. The van der Waals surface area contributed by atoms with E-state index in [1.165, 1.54) is 24.2 Å².